The number of aromatic nitrogens is 2. The average Bonchev–Trinajstić information content (AvgIpc) is 2.36. The molecule has 104 valence electrons. The maximum Gasteiger partial charge on any atom is 0.358 e. The Bertz CT molecular complexity index is 458. The van der Waals surface area contributed by atoms with Gasteiger partial charge in [0.05, 0.1) is 19.5 Å². The molecule has 6 nitrogen and oxygen atoms in total. The van der Waals surface area contributed by atoms with Crippen LogP contribution >= 0.6 is 0 Å². The maximum atomic E-state index is 11.4. The van der Waals surface area contributed by atoms with Gasteiger partial charge in [-0.1, -0.05) is 0 Å². The number of anilines is 1. The van der Waals surface area contributed by atoms with Gasteiger partial charge in [-0.2, -0.15) is 0 Å². The lowest BCUT2D eigenvalue weighted by Gasteiger charge is -2.47. The standard InChI is InChI=1S/C13H20N4O2/c1-17(2)13(5-4-6-13)9-15-11-8-14-7-10(16-11)12(18)19-3/h7-8H,4-6,9H2,1-3H3,(H,15,16). The van der Waals surface area contributed by atoms with E-state index in [2.05, 4.69) is 39.0 Å². The molecule has 0 amide bonds. The zero-order valence-corrected chi connectivity index (χ0v) is 11.6. The second-order valence-electron chi connectivity index (χ2n) is 5.11. The van der Waals surface area contributed by atoms with Gasteiger partial charge in [0.1, 0.15) is 5.82 Å². The van der Waals surface area contributed by atoms with Crippen LogP contribution in [0.25, 0.3) is 0 Å². The predicted molar refractivity (Wildman–Crippen MR) is 72.1 cm³/mol. The molecule has 19 heavy (non-hydrogen) atoms. The molecule has 1 saturated carbocycles. The summed E-state index contributed by atoms with van der Waals surface area (Å²) in [7, 11) is 5.52. The topological polar surface area (TPSA) is 67.3 Å². The van der Waals surface area contributed by atoms with Crippen LogP contribution in [0.3, 0.4) is 0 Å². The van der Waals surface area contributed by atoms with Crippen LogP contribution in [0.4, 0.5) is 5.82 Å². The normalized spacial score (nSPS) is 16.8. The Hall–Kier alpha value is -1.69. The minimum atomic E-state index is -0.470. The van der Waals surface area contributed by atoms with Crippen molar-refractivity contribution in [2.75, 3.05) is 33.1 Å². The van der Waals surface area contributed by atoms with Crippen molar-refractivity contribution in [3.8, 4) is 0 Å². The van der Waals surface area contributed by atoms with E-state index >= 15 is 0 Å². The fourth-order valence-electron chi connectivity index (χ4n) is 2.28. The molecule has 0 unspecified atom stereocenters. The van der Waals surface area contributed by atoms with Crippen molar-refractivity contribution in [1.29, 1.82) is 0 Å². The van der Waals surface area contributed by atoms with E-state index in [1.54, 1.807) is 6.20 Å². The first kappa shape index (κ1) is 13.7. The van der Waals surface area contributed by atoms with Gasteiger partial charge in [0.2, 0.25) is 0 Å². The molecule has 6 heteroatoms. The Morgan fingerprint density at radius 1 is 1.47 bits per heavy atom. The number of hydrogen-bond acceptors (Lipinski definition) is 6. The minimum absolute atomic E-state index is 0.197. The van der Waals surface area contributed by atoms with Gasteiger partial charge in [0.25, 0.3) is 0 Å². The highest BCUT2D eigenvalue weighted by Gasteiger charge is 2.38. The number of nitrogens with zero attached hydrogens (tertiary/aromatic N) is 3. The third-order valence-corrected chi connectivity index (χ3v) is 3.86. The number of nitrogens with one attached hydrogen (secondary N) is 1. The zero-order valence-electron chi connectivity index (χ0n) is 11.6. The second kappa shape index (κ2) is 5.52. The van der Waals surface area contributed by atoms with Crippen LogP contribution in [-0.4, -0.2) is 54.1 Å². The summed E-state index contributed by atoms with van der Waals surface area (Å²) in [5, 5.41) is 3.27. The summed E-state index contributed by atoms with van der Waals surface area (Å²) in [4.78, 5) is 21.8. The van der Waals surface area contributed by atoms with Crippen LogP contribution in [0.1, 0.15) is 29.8 Å². The summed E-state index contributed by atoms with van der Waals surface area (Å²) >= 11 is 0. The molecule has 1 aliphatic rings. The van der Waals surface area contributed by atoms with Crippen molar-refractivity contribution >= 4 is 11.8 Å². The van der Waals surface area contributed by atoms with E-state index in [1.807, 2.05) is 0 Å². The van der Waals surface area contributed by atoms with Crippen LogP contribution in [0.2, 0.25) is 0 Å². The molecule has 0 aliphatic heterocycles. The summed E-state index contributed by atoms with van der Waals surface area (Å²) in [6.07, 6.45) is 6.64. The fourth-order valence-corrected chi connectivity index (χ4v) is 2.28. The minimum Gasteiger partial charge on any atom is -0.464 e. The van der Waals surface area contributed by atoms with Crippen LogP contribution in [0.15, 0.2) is 12.4 Å². The van der Waals surface area contributed by atoms with Gasteiger partial charge in [0, 0.05) is 12.1 Å². The van der Waals surface area contributed by atoms with Crippen molar-refractivity contribution in [3.63, 3.8) is 0 Å². The third-order valence-electron chi connectivity index (χ3n) is 3.86. The molecule has 0 saturated heterocycles. The van der Waals surface area contributed by atoms with E-state index in [4.69, 9.17) is 0 Å². The van der Waals surface area contributed by atoms with E-state index in [9.17, 15) is 4.79 Å². The van der Waals surface area contributed by atoms with Gasteiger partial charge in [-0.15, -0.1) is 0 Å². The van der Waals surface area contributed by atoms with E-state index < -0.39 is 5.97 Å². The van der Waals surface area contributed by atoms with Crippen molar-refractivity contribution in [3.05, 3.63) is 18.1 Å². The largest absolute Gasteiger partial charge is 0.464 e. The summed E-state index contributed by atoms with van der Waals surface area (Å²) in [6.45, 7) is 0.805. The monoisotopic (exact) mass is 264 g/mol. The van der Waals surface area contributed by atoms with E-state index in [-0.39, 0.29) is 11.2 Å². The number of ether oxygens (including phenoxy) is 1. The number of carbonyl (C=O) groups excluding carboxylic acids is 1. The number of esters is 1. The van der Waals surface area contributed by atoms with Crippen LogP contribution in [0, 0.1) is 0 Å². The molecule has 0 bridgehead atoms. The third kappa shape index (κ3) is 2.84. The molecule has 2 rings (SSSR count). The summed E-state index contributed by atoms with van der Waals surface area (Å²) in [5.74, 6) is 0.137. The Morgan fingerprint density at radius 3 is 2.74 bits per heavy atom. The lowest BCUT2D eigenvalue weighted by Crippen LogP contribution is -2.54. The molecule has 0 spiro atoms. The quantitative estimate of drug-likeness (QED) is 0.805. The average molecular weight is 264 g/mol. The SMILES string of the molecule is COC(=O)c1cncc(NCC2(N(C)C)CCC2)n1. The maximum absolute atomic E-state index is 11.4. The number of carbonyl (C=O) groups is 1. The number of hydrogen-bond donors (Lipinski definition) is 1. The van der Waals surface area contributed by atoms with Gasteiger partial charge in [-0.05, 0) is 33.4 Å². The smallest absolute Gasteiger partial charge is 0.358 e. The van der Waals surface area contributed by atoms with Crippen LogP contribution < -0.4 is 5.32 Å². The first-order valence-corrected chi connectivity index (χ1v) is 6.39. The van der Waals surface area contributed by atoms with Gasteiger partial charge in [-0.25, -0.2) is 9.78 Å². The lowest BCUT2D eigenvalue weighted by molar-refractivity contribution is 0.0593. The Balaban J connectivity index is 2.01. The molecular weight excluding hydrogens is 244 g/mol. The van der Waals surface area contributed by atoms with Gasteiger partial charge in [-0.3, -0.25) is 4.98 Å². The summed E-state index contributed by atoms with van der Waals surface area (Å²) in [6, 6.07) is 0. The van der Waals surface area contributed by atoms with Gasteiger partial charge in [0.15, 0.2) is 5.69 Å². The van der Waals surface area contributed by atoms with Crippen LogP contribution in [-0.2, 0) is 4.74 Å². The first-order valence-electron chi connectivity index (χ1n) is 6.39. The number of rotatable bonds is 5. The zero-order chi connectivity index (χ0) is 13.9. The van der Waals surface area contributed by atoms with Crippen LogP contribution in [0.5, 0.6) is 0 Å². The lowest BCUT2D eigenvalue weighted by atomic mass is 9.75. The molecule has 0 aromatic carbocycles. The predicted octanol–water partition coefficient (Wildman–Crippen LogP) is 1.16. The van der Waals surface area contributed by atoms with Crippen molar-refractivity contribution < 1.29 is 9.53 Å². The number of likely N-dealkylation sites (N-methyl/N-ethyl adjacent to an activating group) is 1. The molecule has 0 radical (unpaired) electrons. The summed E-state index contributed by atoms with van der Waals surface area (Å²) in [5.41, 5.74) is 0.420. The highest BCUT2D eigenvalue weighted by Crippen LogP contribution is 2.36. The second-order valence-corrected chi connectivity index (χ2v) is 5.11. The van der Waals surface area contributed by atoms with Crippen molar-refractivity contribution in [2.45, 2.75) is 24.8 Å². The van der Waals surface area contributed by atoms with Gasteiger partial charge >= 0.3 is 5.97 Å². The molecule has 1 aromatic rings. The van der Waals surface area contributed by atoms with E-state index in [1.165, 1.54) is 32.6 Å². The highest BCUT2D eigenvalue weighted by atomic mass is 16.5. The highest BCUT2D eigenvalue weighted by molar-refractivity contribution is 5.87. The Labute approximate surface area is 113 Å². The number of methoxy groups -OCH3 is 1. The van der Waals surface area contributed by atoms with Gasteiger partial charge < -0.3 is 15.0 Å². The Kier molecular flexibility index (Phi) is 3.99. The first-order chi connectivity index (χ1) is 9.07. The molecule has 1 fully saturated rings. The molecular formula is C13H20N4O2. The molecule has 0 atom stereocenters. The molecule has 1 aromatic heterocycles. The van der Waals surface area contributed by atoms with Crippen molar-refractivity contribution in [1.82, 2.24) is 14.9 Å². The van der Waals surface area contributed by atoms with E-state index in [0.717, 1.165) is 6.54 Å². The molecule has 1 heterocycles. The van der Waals surface area contributed by atoms with E-state index in [0.29, 0.717) is 5.82 Å². The Morgan fingerprint density at radius 2 is 2.21 bits per heavy atom. The summed E-state index contributed by atoms with van der Waals surface area (Å²) < 4.78 is 4.63. The molecule has 1 N–H and O–H groups in total. The van der Waals surface area contributed by atoms with Crippen molar-refractivity contribution in [2.24, 2.45) is 0 Å². The molecule has 1 aliphatic carbocycles. The fraction of sp³-hybridized carbons (Fsp3) is 0.615.